The number of carbonyl (C=O) groups is 2. The molecule has 2 aliphatic rings. The fraction of sp³-hybridized carbons (Fsp3) is 0.462. The van der Waals surface area contributed by atoms with E-state index in [1.807, 2.05) is 43.9 Å². The molecule has 0 radical (unpaired) electrons. The lowest BCUT2D eigenvalue weighted by Gasteiger charge is -2.28. The lowest BCUT2D eigenvalue weighted by atomic mass is 10.0. The number of nitrogens with zero attached hydrogens (tertiary/aromatic N) is 5. The summed E-state index contributed by atoms with van der Waals surface area (Å²) in [7, 11) is 0. The van der Waals surface area contributed by atoms with Gasteiger partial charge in [0.05, 0.1) is 0 Å². The summed E-state index contributed by atoms with van der Waals surface area (Å²) in [6.45, 7) is 13.7. The van der Waals surface area contributed by atoms with E-state index < -0.39 is 0 Å². The minimum absolute atomic E-state index is 0.0623. The van der Waals surface area contributed by atoms with E-state index >= 15 is 0 Å². The van der Waals surface area contributed by atoms with Crippen LogP contribution in [0.3, 0.4) is 0 Å². The fourth-order valence-electron chi connectivity index (χ4n) is 5.12. The first kappa shape index (κ1) is 23.7. The number of carbonyl (C=O) groups excluding carboxylic acids is 2. The van der Waals surface area contributed by atoms with Gasteiger partial charge in [-0.1, -0.05) is 30.0 Å². The van der Waals surface area contributed by atoms with Crippen molar-refractivity contribution in [3.05, 3.63) is 47.2 Å². The molecule has 0 saturated carbocycles. The van der Waals surface area contributed by atoms with Crippen molar-refractivity contribution in [1.82, 2.24) is 24.6 Å². The Kier molecular flexibility index (Phi) is 6.46. The van der Waals surface area contributed by atoms with Crippen LogP contribution in [-0.2, 0) is 0 Å². The second kappa shape index (κ2) is 9.54. The number of hydrogen-bond acceptors (Lipinski definition) is 6. The highest BCUT2D eigenvalue weighted by molar-refractivity contribution is 7.22. The maximum Gasteiger partial charge on any atom is 0.276 e. The number of thiazole rings is 1. The number of hydrogen-bond donors (Lipinski definition) is 1. The molecule has 0 spiro atoms. The van der Waals surface area contributed by atoms with E-state index in [0.29, 0.717) is 32.4 Å². The minimum atomic E-state index is -0.212. The van der Waals surface area contributed by atoms with Crippen LogP contribution in [0.5, 0.6) is 0 Å². The van der Waals surface area contributed by atoms with Crippen LogP contribution in [0.2, 0.25) is 0 Å². The Morgan fingerprint density at radius 3 is 2.69 bits per heavy atom. The fourth-order valence-corrected chi connectivity index (χ4v) is 6.03. The Morgan fingerprint density at radius 1 is 1.17 bits per heavy atom. The zero-order valence-electron chi connectivity index (χ0n) is 20.6. The third-order valence-corrected chi connectivity index (χ3v) is 8.13. The molecule has 1 aromatic carbocycles. The molecule has 2 aliphatic heterocycles. The average Bonchev–Trinajstić information content (AvgIpc) is 3.60. The minimum Gasteiger partial charge on any atom is -0.333 e. The normalized spacial score (nSPS) is 18.5. The van der Waals surface area contributed by atoms with Crippen LogP contribution in [0.1, 0.15) is 64.6 Å². The molecule has 35 heavy (non-hydrogen) atoms. The molecule has 9 heteroatoms. The quantitative estimate of drug-likeness (QED) is 0.546. The first-order valence-electron chi connectivity index (χ1n) is 12.3. The summed E-state index contributed by atoms with van der Waals surface area (Å²) in [4.78, 5) is 35.8. The lowest BCUT2D eigenvalue weighted by molar-refractivity contribution is 0.0704. The molecular formula is C26H32N6O2S. The van der Waals surface area contributed by atoms with Crippen molar-refractivity contribution < 1.29 is 9.59 Å². The molecule has 0 aliphatic carbocycles. The number of aromatic nitrogens is 3. The molecule has 1 atom stereocenters. The van der Waals surface area contributed by atoms with Crippen LogP contribution in [0.15, 0.2) is 24.8 Å². The Bertz CT molecular complexity index is 1300. The third-order valence-electron chi connectivity index (χ3n) is 7.16. The molecule has 0 unspecified atom stereocenters. The molecule has 2 fully saturated rings. The van der Waals surface area contributed by atoms with Gasteiger partial charge in [0.15, 0.2) is 16.5 Å². The largest absolute Gasteiger partial charge is 0.333 e. The Labute approximate surface area is 209 Å². The SMILES string of the molecule is C=C(C)n1nc(C(=O)N2CCC[C@H]2CN2CCCC2)c2sc(NC(=O)c3cccc(C)c3C)nc21. The molecule has 8 nitrogen and oxygen atoms in total. The van der Waals surface area contributed by atoms with Crippen molar-refractivity contribution in [3.63, 3.8) is 0 Å². The number of nitrogens with one attached hydrogen (secondary N) is 1. The maximum atomic E-state index is 13.7. The number of anilines is 1. The maximum absolute atomic E-state index is 13.7. The van der Waals surface area contributed by atoms with E-state index in [1.54, 1.807) is 4.68 Å². The number of allylic oxidation sites excluding steroid dienone is 1. The second-order valence-electron chi connectivity index (χ2n) is 9.67. The van der Waals surface area contributed by atoms with Gasteiger partial charge in [0.2, 0.25) is 0 Å². The van der Waals surface area contributed by atoms with Crippen molar-refractivity contribution in [2.75, 3.05) is 31.5 Å². The summed E-state index contributed by atoms with van der Waals surface area (Å²) < 4.78 is 2.29. The highest BCUT2D eigenvalue weighted by Gasteiger charge is 2.34. The first-order valence-corrected chi connectivity index (χ1v) is 13.1. The van der Waals surface area contributed by atoms with Gasteiger partial charge >= 0.3 is 0 Å². The lowest BCUT2D eigenvalue weighted by Crippen LogP contribution is -2.42. The third kappa shape index (κ3) is 4.50. The van der Waals surface area contributed by atoms with Gasteiger partial charge < -0.3 is 9.80 Å². The van der Waals surface area contributed by atoms with Gasteiger partial charge in [-0.25, -0.2) is 4.68 Å². The molecule has 2 amide bonds. The Balaban J connectivity index is 1.43. The van der Waals surface area contributed by atoms with Gasteiger partial charge in [-0.3, -0.25) is 14.9 Å². The molecular weight excluding hydrogens is 460 g/mol. The van der Waals surface area contributed by atoms with Crippen molar-refractivity contribution in [2.45, 2.75) is 52.5 Å². The van der Waals surface area contributed by atoms with Gasteiger partial charge in [0, 0.05) is 30.4 Å². The molecule has 184 valence electrons. The summed E-state index contributed by atoms with van der Waals surface area (Å²) in [6, 6.07) is 5.88. The Hall–Kier alpha value is -3.04. The number of rotatable bonds is 6. The number of amides is 2. The van der Waals surface area contributed by atoms with E-state index in [1.165, 1.54) is 24.2 Å². The van der Waals surface area contributed by atoms with Crippen LogP contribution >= 0.6 is 11.3 Å². The van der Waals surface area contributed by atoms with E-state index in [4.69, 9.17) is 0 Å². The average molecular weight is 493 g/mol. The van der Waals surface area contributed by atoms with E-state index in [-0.39, 0.29) is 17.9 Å². The van der Waals surface area contributed by atoms with E-state index in [9.17, 15) is 9.59 Å². The zero-order chi connectivity index (χ0) is 24.7. The van der Waals surface area contributed by atoms with Crippen molar-refractivity contribution >= 4 is 44.3 Å². The standard InChI is InChI=1S/C26H32N6O2S/c1-16(2)32-23-22(35-26(27-23)28-24(33)20-11-7-9-17(3)18(20)4)21(29-32)25(34)31-14-8-10-19(31)15-30-12-5-6-13-30/h7,9,11,19H,1,5-6,8,10,12-15H2,2-4H3,(H,27,28,33)/t19-/m0/s1. The van der Waals surface area contributed by atoms with Gasteiger partial charge in [0.25, 0.3) is 11.8 Å². The molecule has 3 aromatic rings. The van der Waals surface area contributed by atoms with Crippen LogP contribution in [-0.4, -0.2) is 68.6 Å². The van der Waals surface area contributed by atoms with Gasteiger partial charge in [-0.05, 0) is 76.7 Å². The highest BCUT2D eigenvalue weighted by atomic mass is 32.1. The van der Waals surface area contributed by atoms with Crippen LogP contribution in [0, 0.1) is 13.8 Å². The summed E-state index contributed by atoms with van der Waals surface area (Å²) in [6.07, 6.45) is 4.50. The number of fused-ring (bicyclic) bond motifs is 1. The van der Waals surface area contributed by atoms with E-state index in [0.717, 1.165) is 50.1 Å². The molecule has 0 bridgehead atoms. The molecule has 4 heterocycles. The molecule has 5 rings (SSSR count). The van der Waals surface area contributed by atoms with Gasteiger partial charge in [0.1, 0.15) is 4.70 Å². The molecule has 2 saturated heterocycles. The monoisotopic (exact) mass is 492 g/mol. The topological polar surface area (TPSA) is 83.4 Å². The Morgan fingerprint density at radius 2 is 1.94 bits per heavy atom. The van der Waals surface area contributed by atoms with Crippen molar-refractivity contribution in [1.29, 1.82) is 0 Å². The van der Waals surface area contributed by atoms with E-state index in [2.05, 4.69) is 26.9 Å². The molecule has 1 N–H and O–H groups in total. The predicted octanol–water partition coefficient (Wildman–Crippen LogP) is 4.55. The van der Waals surface area contributed by atoms with Crippen molar-refractivity contribution in [3.8, 4) is 0 Å². The van der Waals surface area contributed by atoms with Crippen LogP contribution < -0.4 is 5.32 Å². The summed E-state index contributed by atoms with van der Waals surface area (Å²) >= 11 is 1.29. The van der Waals surface area contributed by atoms with Crippen molar-refractivity contribution in [2.24, 2.45) is 0 Å². The smallest absolute Gasteiger partial charge is 0.276 e. The zero-order valence-corrected chi connectivity index (χ0v) is 21.5. The first-order chi connectivity index (χ1) is 16.8. The second-order valence-corrected chi connectivity index (χ2v) is 10.7. The number of likely N-dealkylation sites (tertiary alicyclic amines) is 2. The summed E-state index contributed by atoms with van der Waals surface area (Å²) in [5.74, 6) is -0.275. The highest BCUT2D eigenvalue weighted by Crippen LogP contribution is 2.33. The number of benzene rings is 1. The predicted molar refractivity (Wildman–Crippen MR) is 140 cm³/mol. The summed E-state index contributed by atoms with van der Waals surface area (Å²) in [5, 5.41) is 7.98. The van der Waals surface area contributed by atoms with Gasteiger partial charge in [-0.2, -0.15) is 10.1 Å². The van der Waals surface area contributed by atoms with Gasteiger partial charge in [-0.15, -0.1) is 0 Å². The van der Waals surface area contributed by atoms with Crippen LogP contribution in [0.25, 0.3) is 16.0 Å². The van der Waals surface area contributed by atoms with Crippen LogP contribution in [0.4, 0.5) is 5.13 Å². The molecule has 2 aromatic heterocycles. The summed E-state index contributed by atoms with van der Waals surface area (Å²) in [5.41, 5.74) is 4.22. The number of aryl methyl sites for hydroxylation is 1.